The van der Waals surface area contributed by atoms with Gasteiger partial charge in [0.2, 0.25) is 0 Å². The molecule has 3 aromatic rings. The van der Waals surface area contributed by atoms with E-state index >= 15 is 0 Å². The van der Waals surface area contributed by atoms with E-state index in [2.05, 4.69) is 10.6 Å². The SMILES string of the molecule is COc1cc2ccccc2cc1C(=O)NC[C@H](O)[C@@H](NCc1ccccc1)C(F)(F)F. The van der Waals surface area contributed by atoms with E-state index in [9.17, 15) is 23.1 Å². The van der Waals surface area contributed by atoms with Crippen molar-refractivity contribution >= 4 is 16.7 Å². The number of methoxy groups -OCH3 is 1. The second-order valence-electron chi connectivity index (χ2n) is 7.06. The van der Waals surface area contributed by atoms with Gasteiger partial charge in [-0.15, -0.1) is 0 Å². The number of carbonyl (C=O) groups excluding carboxylic acids is 1. The second kappa shape index (κ2) is 9.80. The largest absolute Gasteiger partial charge is 0.496 e. The smallest absolute Gasteiger partial charge is 0.406 e. The number of rotatable bonds is 8. The number of amides is 1. The zero-order valence-electron chi connectivity index (χ0n) is 16.8. The molecule has 0 saturated carbocycles. The van der Waals surface area contributed by atoms with E-state index in [0.29, 0.717) is 11.3 Å². The molecule has 0 aliphatic carbocycles. The van der Waals surface area contributed by atoms with Gasteiger partial charge in [0.05, 0.1) is 18.8 Å². The summed E-state index contributed by atoms with van der Waals surface area (Å²) in [5.41, 5.74) is 0.822. The molecule has 5 nitrogen and oxygen atoms in total. The molecular formula is C23H23F3N2O3. The fourth-order valence-electron chi connectivity index (χ4n) is 3.27. The highest BCUT2D eigenvalue weighted by Crippen LogP contribution is 2.26. The molecule has 0 fully saturated rings. The maximum Gasteiger partial charge on any atom is 0.406 e. The number of halogens is 3. The summed E-state index contributed by atoms with van der Waals surface area (Å²) in [6.45, 7) is -0.657. The first-order valence-electron chi connectivity index (χ1n) is 9.66. The zero-order valence-corrected chi connectivity index (χ0v) is 16.8. The van der Waals surface area contributed by atoms with Crippen molar-refractivity contribution in [2.45, 2.75) is 24.9 Å². The van der Waals surface area contributed by atoms with Gasteiger partial charge < -0.3 is 15.2 Å². The van der Waals surface area contributed by atoms with E-state index < -0.39 is 30.8 Å². The molecule has 0 aromatic heterocycles. The van der Waals surface area contributed by atoms with Crippen LogP contribution in [0.5, 0.6) is 5.75 Å². The predicted octanol–water partition coefficient (Wildman–Crippen LogP) is 3.66. The molecule has 3 aromatic carbocycles. The molecule has 0 heterocycles. The number of benzene rings is 3. The number of alkyl halides is 3. The van der Waals surface area contributed by atoms with Crippen LogP contribution in [-0.2, 0) is 6.54 Å². The van der Waals surface area contributed by atoms with Crippen LogP contribution in [-0.4, -0.2) is 43.0 Å². The number of fused-ring (bicyclic) bond motifs is 1. The molecule has 0 bridgehead atoms. The maximum atomic E-state index is 13.5. The molecule has 0 aliphatic heterocycles. The van der Waals surface area contributed by atoms with Gasteiger partial charge >= 0.3 is 6.18 Å². The lowest BCUT2D eigenvalue weighted by molar-refractivity contribution is -0.177. The van der Waals surface area contributed by atoms with Gasteiger partial charge in [-0.2, -0.15) is 13.2 Å². The molecule has 3 N–H and O–H groups in total. The minimum absolute atomic E-state index is 0.0749. The van der Waals surface area contributed by atoms with Crippen molar-refractivity contribution in [3.05, 3.63) is 77.9 Å². The van der Waals surface area contributed by atoms with E-state index in [1.165, 1.54) is 7.11 Å². The summed E-state index contributed by atoms with van der Waals surface area (Å²) in [5, 5.41) is 16.5. The van der Waals surface area contributed by atoms with Crippen LogP contribution in [0.2, 0.25) is 0 Å². The Morgan fingerprint density at radius 2 is 1.65 bits per heavy atom. The third-order valence-corrected chi connectivity index (χ3v) is 4.89. The van der Waals surface area contributed by atoms with Crippen molar-refractivity contribution in [2.75, 3.05) is 13.7 Å². The molecule has 0 radical (unpaired) electrons. The molecule has 8 heteroatoms. The third kappa shape index (κ3) is 5.74. The van der Waals surface area contributed by atoms with Crippen LogP contribution in [0.4, 0.5) is 13.2 Å². The molecule has 0 unspecified atom stereocenters. The molecular weight excluding hydrogens is 409 g/mol. The van der Waals surface area contributed by atoms with Gasteiger partial charge in [-0.1, -0.05) is 54.6 Å². The highest BCUT2D eigenvalue weighted by atomic mass is 19.4. The number of aliphatic hydroxyl groups excluding tert-OH is 1. The van der Waals surface area contributed by atoms with Crippen molar-refractivity contribution < 1.29 is 27.8 Å². The van der Waals surface area contributed by atoms with Crippen molar-refractivity contribution in [3.63, 3.8) is 0 Å². The minimum atomic E-state index is -4.69. The highest BCUT2D eigenvalue weighted by molar-refractivity contribution is 6.01. The molecule has 164 valence electrons. The summed E-state index contributed by atoms with van der Waals surface area (Å²) >= 11 is 0. The van der Waals surface area contributed by atoms with Crippen molar-refractivity contribution in [3.8, 4) is 5.75 Å². The van der Waals surface area contributed by atoms with Gasteiger partial charge in [-0.25, -0.2) is 0 Å². The predicted molar refractivity (Wildman–Crippen MR) is 112 cm³/mol. The lowest BCUT2D eigenvalue weighted by Gasteiger charge is -2.27. The van der Waals surface area contributed by atoms with Crippen molar-refractivity contribution in [2.24, 2.45) is 0 Å². The van der Waals surface area contributed by atoms with Crippen LogP contribution in [0.25, 0.3) is 10.8 Å². The first-order chi connectivity index (χ1) is 14.8. The molecule has 31 heavy (non-hydrogen) atoms. The Morgan fingerprint density at radius 1 is 1.03 bits per heavy atom. The minimum Gasteiger partial charge on any atom is -0.496 e. The Hall–Kier alpha value is -3.10. The quantitative estimate of drug-likeness (QED) is 0.508. The van der Waals surface area contributed by atoms with E-state index in [4.69, 9.17) is 4.74 Å². The fraction of sp³-hybridized carbons (Fsp3) is 0.261. The molecule has 0 aliphatic rings. The summed E-state index contributed by atoms with van der Waals surface area (Å²) < 4.78 is 45.6. The number of aliphatic hydroxyl groups is 1. The van der Waals surface area contributed by atoms with Crippen LogP contribution >= 0.6 is 0 Å². The van der Waals surface area contributed by atoms with Gasteiger partial charge in [0.25, 0.3) is 5.91 Å². The second-order valence-corrected chi connectivity index (χ2v) is 7.06. The number of hydrogen-bond acceptors (Lipinski definition) is 4. The van der Waals surface area contributed by atoms with Crippen molar-refractivity contribution in [1.29, 1.82) is 0 Å². The number of ether oxygens (including phenoxy) is 1. The summed E-state index contributed by atoms with van der Waals surface area (Å²) in [5.74, 6) is -0.342. The zero-order chi connectivity index (χ0) is 22.4. The Morgan fingerprint density at radius 3 is 2.26 bits per heavy atom. The summed E-state index contributed by atoms with van der Waals surface area (Å²) in [6.07, 6.45) is -6.57. The number of hydrogen-bond donors (Lipinski definition) is 3. The Kier molecular flexibility index (Phi) is 7.14. The van der Waals surface area contributed by atoms with Crippen LogP contribution < -0.4 is 15.4 Å². The standard InChI is InChI=1S/C23H23F3N2O3/c1-31-20-12-17-10-6-5-9-16(17)11-18(20)22(30)28-14-19(29)21(23(24,25)26)27-13-15-7-3-2-4-8-15/h2-12,19,21,27,29H,13-14H2,1H3,(H,28,30)/t19-,21+/m0/s1. The lowest BCUT2D eigenvalue weighted by Crippen LogP contribution is -2.54. The molecule has 1 amide bonds. The van der Waals surface area contributed by atoms with E-state index in [1.54, 1.807) is 42.5 Å². The van der Waals surface area contributed by atoms with Gasteiger partial charge in [0, 0.05) is 13.1 Å². The monoisotopic (exact) mass is 432 g/mol. The molecule has 0 saturated heterocycles. The van der Waals surface area contributed by atoms with Crippen LogP contribution in [0.3, 0.4) is 0 Å². The third-order valence-electron chi connectivity index (χ3n) is 4.89. The average molecular weight is 432 g/mol. The van der Waals surface area contributed by atoms with Crippen LogP contribution in [0.1, 0.15) is 15.9 Å². The topological polar surface area (TPSA) is 70.6 Å². The summed E-state index contributed by atoms with van der Waals surface area (Å²) in [6, 6.07) is 17.0. The lowest BCUT2D eigenvalue weighted by atomic mass is 10.0. The highest BCUT2D eigenvalue weighted by Gasteiger charge is 2.44. The number of carbonyl (C=O) groups is 1. The van der Waals surface area contributed by atoms with E-state index in [0.717, 1.165) is 10.8 Å². The number of nitrogens with one attached hydrogen (secondary N) is 2. The van der Waals surface area contributed by atoms with Gasteiger partial charge in [0.15, 0.2) is 0 Å². The average Bonchev–Trinajstić information content (AvgIpc) is 2.76. The van der Waals surface area contributed by atoms with Crippen LogP contribution in [0.15, 0.2) is 66.7 Å². The van der Waals surface area contributed by atoms with Gasteiger partial charge in [-0.05, 0) is 28.5 Å². The van der Waals surface area contributed by atoms with Crippen LogP contribution in [0, 0.1) is 0 Å². The van der Waals surface area contributed by atoms with E-state index in [-0.39, 0.29) is 12.1 Å². The molecule has 2 atom stereocenters. The van der Waals surface area contributed by atoms with Gasteiger partial charge in [0.1, 0.15) is 11.8 Å². The molecule has 3 rings (SSSR count). The fourth-order valence-corrected chi connectivity index (χ4v) is 3.27. The maximum absolute atomic E-state index is 13.5. The summed E-state index contributed by atoms with van der Waals surface area (Å²) in [7, 11) is 1.41. The Bertz CT molecular complexity index is 1030. The first kappa shape index (κ1) is 22.6. The summed E-state index contributed by atoms with van der Waals surface area (Å²) in [4.78, 5) is 12.6. The van der Waals surface area contributed by atoms with Crippen molar-refractivity contribution in [1.82, 2.24) is 10.6 Å². The Labute approximate surface area is 177 Å². The normalized spacial score (nSPS) is 13.6. The van der Waals surface area contributed by atoms with Gasteiger partial charge in [-0.3, -0.25) is 10.1 Å². The van der Waals surface area contributed by atoms with E-state index in [1.807, 2.05) is 24.3 Å². The Balaban J connectivity index is 1.69. The molecule has 0 spiro atoms. The first-order valence-corrected chi connectivity index (χ1v) is 9.66.